The first-order chi connectivity index (χ1) is 12.7. The van der Waals surface area contributed by atoms with Gasteiger partial charge in [0.05, 0.1) is 5.33 Å². The molecule has 0 spiro atoms. The normalized spacial score (nSPS) is 18.6. The van der Waals surface area contributed by atoms with E-state index in [0.29, 0.717) is 5.02 Å². The van der Waals surface area contributed by atoms with Crippen LogP contribution in [0.3, 0.4) is 0 Å². The molecule has 1 atom stereocenters. The number of rotatable bonds is 1. The molecule has 1 aliphatic carbocycles. The monoisotopic (exact) mass is 424 g/mol. The van der Waals surface area contributed by atoms with E-state index in [2.05, 4.69) is 45.3 Å². The Balaban J connectivity index is 1.87. The van der Waals surface area contributed by atoms with Crippen molar-refractivity contribution in [2.24, 2.45) is 10.1 Å². The fourth-order valence-corrected chi connectivity index (χ4v) is 4.06. The maximum absolute atomic E-state index is 12.1. The molecular weight excluding hydrogens is 414 g/mol. The highest BCUT2D eigenvalue weighted by Crippen LogP contribution is 2.48. The van der Waals surface area contributed by atoms with Crippen molar-refractivity contribution in [3.63, 3.8) is 0 Å². The Kier molecular flexibility index (Phi) is 3.55. The van der Waals surface area contributed by atoms with Gasteiger partial charge in [0.1, 0.15) is 11.4 Å². The average Bonchev–Trinajstić information content (AvgIpc) is 2.97. The fraction of sp³-hybridized carbons (Fsp3) is 0.100. The number of alkyl halides is 1. The number of benzene rings is 3. The molecule has 0 fully saturated rings. The molecule has 6 heteroatoms. The Bertz CT molecular complexity index is 1160. The quantitative estimate of drug-likeness (QED) is 0.364. The van der Waals surface area contributed by atoms with Crippen LogP contribution in [0.25, 0.3) is 10.8 Å². The first-order valence-electron chi connectivity index (χ1n) is 8.17. The molecule has 0 bridgehead atoms. The lowest BCUT2D eigenvalue weighted by atomic mass is 10.0. The molecule has 4 nitrogen and oxygen atoms in total. The van der Waals surface area contributed by atoms with Gasteiger partial charge in [0.15, 0.2) is 0 Å². The number of carbonyl (C=O) groups excluding carboxylic acids is 1. The zero-order valence-corrected chi connectivity index (χ0v) is 15.8. The zero-order valence-electron chi connectivity index (χ0n) is 13.5. The van der Waals surface area contributed by atoms with Crippen LogP contribution < -0.4 is 0 Å². The SMILES string of the molecule is O=C(CBr)N=[N+]1c2ccc(Cl)cc2N=C2c3cccc4cccc(c34)C21. The van der Waals surface area contributed by atoms with Gasteiger partial charge in [-0.05, 0) is 17.5 Å². The number of azo groups is 2. The minimum atomic E-state index is -0.240. The summed E-state index contributed by atoms with van der Waals surface area (Å²) in [5.74, 6) is -0.240. The second-order valence-corrected chi connectivity index (χ2v) is 7.25. The van der Waals surface area contributed by atoms with Crippen LogP contribution in [0.4, 0.5) is 11.4 Å². The van der Waals surface area contributed by atoms with Gasteiger partial charge in [-0.2, -0.15) is 0 Å². The minimum Gasteiger partial charge on any atom is -0.265 e. The third-order valence-corrected chi connectivity index (χ3v) is 5.48. The molecule has 0 radical (unpaired) electrons. The zero-order chi connectivity index (χ0) is 17.8. The number of fused-ring (bicyclic) bond motifs is 4. The van der Waals surface area contributed by atoms with Gasteiger partial charge in [0.2, 0.25) is 0 Å². The molecule has 0 saturated heterocycles. The van der Waals surface area contributed by atoms with Crippen molar-refractivity contribution in [1.82, 2.24) is 0 Å². The van der Waals surface area contributed by atoms with E-state index >= 15 is 0 Å². The van der Waals surface area contributed by atoms with Crippen LogP contribution in [0.1, 0.15) is 17.2 Å². The lowest BCUT2D eigenvalue weighted by molar-refractivity contribution is -0.535. The van der Waals surface area contributed by atoms with Crippen LogP contribution >= 0.6 is 27.5 Å². The highest BCUT2D eigenvalue weighted by Gasteiger charge is 2.45. The van der Waals surface area contributed by atoms with E-state index in [1.807, 2.05) is 24.3 Å². The van der Waals surface area contributed by atoms with Gasteiger partial charge in [-0.25, -0.2) is 4.99 Å². The van der Waals surface area contributed by atoms with Crippen LogP contribution in [-0.2, 0) is 4.79 Å². The summed E-state index contributed by atoms with van der Waals surface area (Å²) in [6.07, 6.45) is 0. The van der Waals surface area contributed by atoms with Crippen LogP contribution in [0.2, 0.25) is 5.02 Å². The van der Waals surface area contributed by atoms with Gasteiger partial charge in [0, 0.05) is 32.7 Å². The van der Waals surface area contributed by atoms with Crippen LogP contribution in [0.5, 0.6) is 0 Å². The summed E-state index contributed by atoms with van der Waals surface area (Å²) in [4.78, 5) is 17.0. The molecule has 0 N–H and O–H groups in total. The van der Waals surface area contributed by atoms with Crippen molar-refractivity contribution in [1.29, 1.82) is 0 Å². The third kappa shape index (κ3) is 2.20. The Morgan fingerprint density at radius 3 is 2.81 bits per heavy atom. The van der Waals surface area contributed by atoms with Gasteiger partial charge in [-0.15, -0.1) is 0 Å². The number of hydrogen-bond donors (Lipinski definition) is 0. The number of halogens is 2. The fourth-order valence-electron chi connectivity index (χ4n) is 3.78. The standard InChI is InChI=1S/C20H12BrClN3O/c21-10-17(26)24-25-16-8-7-12(22)9-15(16)23-19-13-5-1-3-11-4-2-6-14(18(11)13)20(19)25/h1-9,20H,10H2/q+1. The molecule has 0 saturated carbocycles. The molecule has 126 valence electrons. The van der Waals surface area contributed by atoms with Crippen LogP contribution in [-0.4, -0.2) is 21.6 Å². The van der Waals surface area contributed by atoms with Gasteiger partial charge < -0.3 is 0 Å². The van der Waals surface area contributed by atoms with Gasteiger partial charge in [-0.3, -0.25) is 4.79 Å². The largest absolute Gasteiger partial charge is 0.319 e. The van der Waals surface area contributed by atoms with Crippen molar-refractivity contribution in [2.75, 3.05) is 5.33 Å². The smallest absolute Gasteiger partial charge is 0.265 e. The molecule has 1 unspecified atom stereocenters. The molecular formula is C20H12BrClN3O+. The Morgan fingerprint density at radius 2 is 2.00 bits per heavy atom. The molecule has 5 rings (SSSR count). The van der Waals surface area contributed by atoms with E-state index in [0.717, 1.165) is 33.6 Å². The number of aliphatic imine (C=N–C) groups is 1. The number of carbonyl (C=O) groups is 1. The van der Waals surface area contributed by atoms with Gasteiger partial charge in [0.25, 0.3) is 11.7 Å². The summed E-state index contributed by atoms with van der Waals surface area (Å²) in [7, 11) is 0. The molecule has 3 aromatic rings. The molecule has 0 aromatic heterocycles. The van der Waals surface area contributed by atoms with Crippen molar-refractivity contribution in [2.45, 2.75) is 6.04 Å². The molecule has 26 heavy (non-hydrogen) atoms. The summed E-state index contributed by atoms with van der Waals surface area (Å²) in [6.45, 7) is 0. The molecule has 1 aliphatic heterocycles. The van der Waals surface area contributed by atoms with Crippen molar-refractivity contribution in [3.8, 4) is 0 Å². The maximum Gasteiger partial charge on any atom is 0.319 e. The lowest BCUT2D eigenvalue weighted by Gasteiger charge is -2.16. The van der Waals surface area contributed by atoms with Crippen molar-refractivity contribution >= 4 is 61.3 Å². The molecule has 2 aliphatic rings. The summed E-state index contributed by atoms with van der Waals surface area (Å²) >= 11 is 9.38. The van der Waals surface area contributed by atoms with E-state index in [9.17, 15) is 4.79 Å². The lowest BCUT2D eigenvalue weighted by Crippen LogP contribution is -2.23. The van der Waals surface area contributed by atoms with Crippen molar-refractivity contribution < 1.29 is 9.49 Å². The second-order valence-electron chi connectivity index (χ2n) is 6.26. The average molecular weight is 426 g/mol. The van der Waals surface area contributed by atoms with E-state index in [-0.39, 0.29) is 17.3 Å². The summed E-state index contributed by atoms with van der Waals surface area (Å²) in [6, 6.07) is 17.7. The first-order valence-corrected chi connectivity index (χ1v) is 9.67. The Labute approximate surface area is 163 Å². The van der Waals surface area contributed by atoms with Crippen LogP contribution in [0.15, 0.2) is 64.7 Å². The Hall–Kier alpha value is -2.37. The topological polar surface area (TPSA) is 44.8 Å². The predicted octanol–water partition coefficient (Wildman–Crippen LogP) is 5.70. The predicted molar refractivity (Wildman–Crippen MR) is 105 cm³/mol. The number of hydrogen-bond acceptors (Lipinski definition) is 2. The molecule has 1 heterocycles. The van der Waals surface area contributed by atoms with E-state index in [1.54, 1.807) is 10.8 Å². The summed E-state index contributed by atoms with van der Waals surface area (Å²) < 4.78 is 1.78. The number of nitrogens with zero attached hydrogens (tertiary/aromatic N) is 3. The van der Waals surface area contributed by atoms with E-state index in [1.165, 1.54) is 5.39 Å². The highest BCUT2D eigenvalue weighted by atomic mass is 79.9. The minimum absolute atomic E-state index is 0.169. The first kappa shape index (κ1) is 15.9. The van der Waals surface area contributed by atoms with E-state index in [4.69, 9.17) is 16.6 Å². The molecule has 3 aromatic carbocycles. The van der Waals surface area contributed by atoms with E-state index < -0.39 is 0 Å². The van der Waals surface area contributed by atoms with Gasteiger partial charge >= 0.3 is 5.91 Å². The Morgan fingerprint density at radius 1 is 1.19 bits per heavy atom. The number of amides is 1. The summed E-state index contributed by atoms with van der Waals surface area (Å²) in [5, 5.41) is 7.46. The van der Waals surface area contributed by atoms with Crippen molar-refractivity contribution in [3.05, 3.63) is 70.7 Å². The second kappa shape index (κ2) is 5.83. The van der Waals surface area contributed by atoms with Crippen LogP contribution in [0, 0.1) is 0 Å². The third-order valence-electron chi connectivity index (χ3n) is 4.77. The highest BCUT2D eigenvalue weighted by molar-refractivity contribution is 9.09. The molecule has 1 amide bonds. The van der Waals surface area contributed by atoms with Gasteiger partial charge in [-0.1, -0.05) is 68.6 Å². The maximum atomic E-state index is 12.1. The summed E-state index contributed by atoms with van der Waals surface area (Å²) in [5.41, 5.74) is 4.60.